The number of carbonyl (C=O) groups is 1. The molecule has 1 aromatic rings. The van der Waals surface area contributed by atoms with E-state index >= 15 is 0 Å². The maximum atomic E-state index is 12.5. The van der Waals surface area contributed by atoms with Gasteiger partial charge in [-0.1, -0.05) is 39.0 Å². The molecule has 0 radical (unpaired) electrons. The number of nitro benzene ring substituents is 1. The van der Waals surface area contributed by atoms with E-state index in [4.69, 9.17) is 0 Å². The Bertz CT molecular complexity index is 569. The monoisotopic (exact) mass is 333 g/mol. The number of nitrogens with one attached hydrogen (secondary N) is 2. The molecule has 1 saturated carbocycles. The average Bonchev–Trinajstić information content (AvgIpc) is 3.07. The van der Waals surface area contributed by atoms with E-state index in [0.717, 1.165) is 38.5 Å². The number of anilines is 1. The lowest BCUT2D eigenvalue weighted by molar-refractivity contribution is -0.384. The fraction of sp³-hybridized carbons (Fsp3) is 0.611. The van der Waals surface area contributed by atoms with Crippen LogP contribution in [0.4, 0.5) is 11.4 Å². The summed E-state index contributed by atoms with van der Waals surface area (Å²) >= 11 is 0. The number of benzene rings is 1. The predicted octanol–water partition coefficient (Wildman–Crippen LogP) is 4.26. The maximum absolute atomic E-state index is 12.5. The van der Waals surface area contributed by atoms with Gasteiger partial charge in [0.15, 0.2) is 0 Å². The Hall–Kier alpha value is -2.11. The van der Waals surface area contributed by atoms with Crippen LogP contribution in [0, 0.1) is 10.1 Å². The van der Waals surface area contributed by atoms with E-state index in [0.29, 0.717) is 23.8 Å². The topological polar surface area (TPSA) is 84.3 Å². The minimum absolute atomic E-state index is 0.0527. The summed E-state index contributed by atoms with van der Waals surface area (Å²) in [4.78, 5) is 23.0. The van der Waals surface area contributed by atoms with Crippen LogP contribution >= 0.6 is 0 Å². The Morgan fingerprint density at radius 3 is 2.67 bits per heavy atom. The van der Waals surface area contributed by atoms with Gasteiger partial charge in [0.1, 0.15) is 0 Å². The molecule has 1 amide bonds. The summed E-state index contributed by atoms with van der Waals surface area (Å²) in [6.45, 7) is 2.74. The molecule has 1 aliphatic rings. The molecule has 6 heteroatoms. The molecule has 0 bridgehead atoms. The fourth-order valence-electron chi connectivity index (χ4n) is 3.10. The molecule has 2 rings (SSSR count). The van der Waals surface area contributed by atoms with Gasteiger partial charge in [-0.3, -0.25) is 14.9 Å². The van der Waals surface area contributed by atoms with Crippen molar-refractivity contribution in [3.63, 3.8) is 0 Å². The first kappa shape index (κ1) is 18.2. The summed E-state index contributed by atoms with van der Waals surface area (Å²) in [5.41, 5.74) is 1.01. The molecule has 0 heterocycles. The fourth-order valence-corrected chi connectivity index (χ4v) is 3.10. The van der Waals surface area contributed by atoms with Crippen molar-refractivity contribution < 1.29 is 9.72 Å². The molecule has 1 fully saturated rings. The Labute approximate surface area is 143 Å². The highest BCUT2D eigenvalue weighted by molar-refractivity contribution is 6.00. The molecule has 0 aromatic heterocycles. The van der Waals surface area contributed by atoms with E-state index < -0.39 is 4.92 Å². The first-order valence-electron chi connectivity index (χ1n) is 8.95. The van der Waals surface area contributed by atoms with Gasteiger partial charge >= 0.3 is 0 Å². The number of hydrogen-bond donors (Lipinski definition) is 2. The van der Waals surface area contributed by atoms with Gasteiger partial charge in [0.05, 0.1) is 10.5 Å². The number of nitro groups is 1. The van der Waals surface area contributed by atoms with Gasteiger partial charge in [-0.15, -0.1) is 0 Å². The number of nitrogens with zero attached hydrogens (tertiary/aromatic N) is 1. The number of amides is 1. The van der Waals surface area contributed by atoms with E-state index in [1.165, 1.54) is 25.0 Å². The van der Waals surface area contributed by atoms with Gasteiger partial charge in [0, 0.05) is 30.4 Å². The van der Waals surface area contributed by atoms with Crippen molar-refractivity contribution in [1.29, 1.82) is 0 Å². The van der Waals surface area contributed by atoms with Crippen LogP contribution in [0.15, 0.2) is 18.2 Å². The lowest BCUT2D eigenvalue weighted by atomic mass is 10.1. The second kappa shape index (κ2) is 9.25. The van der Waals surface area contributed by atoms with E-state index in [1.807, 2.05) is 0 Å². The molecular formula is C18H27N3O3. The zero-order chi connectivity index (χ0) is 17.4. The number of non-ortho nitro benzene ring substituents is 1. The highest BCUT2D eigenvalue weighted by Gasteiger charge is 2.20. The number of hydrogen-bond acceptors (Lipinski definition) is 4. The number of rotatable bonds is 9. The quantitative estimate of drug-likeness (QED) is 0.402. The third kappa shape index (κ3) is 5.22. The van der Waals surface area contributed by atoms with Crippen LogP contribution in [0.3, 0.4) is 0 Å². The molecule has 1 aromatic carbocycles. The first-order valence-corrected chi connectivity index (χ1v) is 8.95. The maximum Gasteiger partial charge on any atom is 0.270 e. The van der Waals surface area contributed by atoms with Gasteiger partial charge < -0.3 is 10.6 Å². The second-order valence-corrected chi connectivity index (χ2v) is 6.43. The highest BCUT2D eigenvalue weighted by Crippen LogP contribution is 2.27. The molecule has 1 aliphatic carbocycles. The Morgan fingerprint density at radius 2 is 2.00 bits per heavy atom. The van der Waals surface area contributed by atoms with Crippen molar-refractivity contribution >= 4 is 17.3 Å². The van der Waals surface area contributed by atoms with Crippen LogP contribution in [0.2, 0.25) is 0 Å². The van der Waals surface area contributed by atoms with Gasteiger partial charge in [0.25, 0.3) is 11.6 Å². The van der Waals surface area contributed by atoms with Gasteiger partial charge in [-0.2, -0.15) is 0 Å². The second-order valence-electron chi connectivity index (χ2n) is 6.43. The molecule has 0 atom stereocenters. The van der Waals surface area contributed by atoms with Crippen molar-refractivity contribution in [1.82, 2.24) is 5.32 Å². The Kier molecular flexibility index (Phi) is 7.03. The van der Waals surface area contributed by atoms with Crippen molar-refractivity contribution in [3.05, 3.63) is 33.9 Å². The zero-order valence-electron chi connectivity index (χ0n) is 14.3. The van der Waals surface area contributed by atoms with Gasteiger partial charge in [-0.05, 0) is 25.3 Å². The van der Waals surface area contributed by atoms with Crippen LogP contribution < -0.4 is 10.6 Å². The summed E-state index contributed by atoms with van der Waals surface area (Å²) in [5.74, 6) is -0.240. The minimum Gasteiger partial charge on any atom is -0.382 e. The summed E-state index contributed by atoms with van der Waals surface area (Å²) in [7, 11) is 0. The average molecular weight is 333 g/mol. The molecule has 0 spiro atoms. The van der Waals surface area contributed by atoms with Crippen LogP contribution in [0.25, 0.3) is 0 Å². The normalized spacial score (nSPS) is 14.5. The number of unbranched alkanes of at least 4 members (excludes halogenated alkanes) is 3. The first-order chi connectivity index (χ1) is 11.6. The van der Waals surface area contributed by atoms with Crippen molar-refractivity contribution in [2.45, 2.75) is 64.3 Å². The smallest absolute Gasteiger partial charge is 0.270 e. The standard InChI is InChI=1S/C18H27N3O3/c1-2-3-4-7-12-19-18(22)16-13-15(21(23)24)10-11-17(16)20-14-8-5-6-9-14/h10-11,13-14,20H,2-9,12H2,1H3,(H,19,22). The lowest BCUT2D eigenvalue weighted by Crippen LogP contribution is -2.26. The van der Waals surface area contributed by atoms with E-state index in [9.17, 15) is 14.9 Å². The molecule has 0 aliphatic heterocycles. The zero-order valence-corrected chi connectivity index (χ0v) is 14.3. The lowest BCUT2D eigenvalue weighted by Gasteiger charge is -2.17. The minimum atomic E-state index is -0.461. The van der Waals surface area contributed by atoms with Crippen LogP contribution in [0.5, 0.6) is 0 Å². The van der Waals surface area contributed by atoms with Gasteiger partial charge in [0.2, 0.25) is 0 Å². The molecule has 0 saturated heterocycles. The molecule has 24 heavy (non-hydrogen) atoms. The highest BCUT2D eigenvalue weighted by atomic mass is 16.6. The van der Waals surface area contributed by atoms with Crippen molar-refractivity contribution in [3.8, 4) is 0 Å². The van der Waals surface area contributed by atoms with E-state index in [1.54, 1.807) is 6.07 Å². The third-order valence-corrected chi connectivity index (χ3v) is 4.49. The van der Waals surface area contributed by atoms with E-state index in [2.05, 4.69) is 17.6 Å². The SMILES string of the molecule is CCCCCCNC(=O)c1cc([N+](=O)[O-])ccc1NC1CCCC1. The predicted molar refractivity (Wildman–Crippen MR) is 95.5 cm³/mol. The molecule has 2 N–H and O–H groups in total. The van der Waals surface area contributed by atoms with Crippen LogP contribution in [-0.4, -0.2) is 23.4 Å². The summed E-state index contributed by atoms with van der Waals surface area (Å²) in [6, 6.07) is 4.83. The summed E-state index contributed by atoms with van der Waals surface area (Å²) in [6.07, 6.45) is 8.84. The third-order valence-electron chi connectivity index (χ3n) is 4.49. The molecular weight excluding hydrogens is 306 g/mol. The van der Waals surface area contributed by atoms with Crippen molar-refractivity contribution in [2.75, 3.05) is 11.9 Å². The van der Waals surface area contributed by atoms with E-state index in [-0.39, 0.29) is 11.6 Å². The summed E-state index contributed by atoms with van der Waals surface area (Å²) < 4.78 is 0. The van der Waals surface area contributed by atoms with Gasteiger partial charge in [-0.25, -0.2) is 0 Å². The van der Waals surface area contributed by atoms with Crippen LogP contribution in [-0.2, 0) is 0 Å². The number of carbonyl (C=O) groups excluding carboxylic acids is 1. The Balaban J connectivity index is 2.06. The molecule has 0 unspecified atom stereocenters. The molecule has 6 nitrogen and oxygen atoms in total. The Morgan fingerprint density at radius 1 is 1.25 bits per heavy atom. The van der Waals surface area contributed by atoms with Crippen LogP contribution in [0.1, 0.15) is 68.6 Å². The molecule has 132 valence electrons. The van der Waals surface area contributed by atoms with Crippen molar-refractivity contribution in [2.24, 2.45) is 0 Å². The largest absolute Gasteiger partial charge is 0.382 e. The summed E-state index contributed by atoms with van der Waals surface area (Å²) in [5, 5.41) is 17.3.